The summed E-state index contributed by atoms with van der Waals surface area (Å²) < 4.78 is 5.40. The molecule has 1 aliphatic heterocycles. The fraction of sp³-hybridized carbons (Fsp3) is 0.538. The number of carbonyl (C=O) groups excluding carboxylic acids is 1. The van der Waals surface area contributed by atoms with Crippen LogP contribution in [0.3, 0.4) is 0 Å². The Balaban J connectivity index is 2.05. The standard InChI is InChI=1S/C13H20N4O2/c1-2-15-13(18)11-9-19-6-5-17(11)8-10-3-4-16-12(14)7-10/h3-4,7,11H,2,5-6,8-9H2,1H3,(H2,14,16)(H,15,18). The first-order valence-electron chi connectivity index (χ1n) is 6.50. The first-order valence-corrected chi connectivity index (χ1v) is 6.50. The molecule has 3 N–H and O–H groups in total. The molecule has 6 heteroatoms. The second-order valence-corrected chi connectivity index (χ2v) is 4.54. The van der Waals surface area contributed by atoms with Crippen LogP contribution >= 0.6 is 0 Å². The zero-order valence-corrected chi connectivity index (χ0v) is 11.1. The largest absolute Gasteiger partial charge is 0.384 e. The number of ether oxygens (including phenoxy) is 1. The van der Waals surface area contributed by atoms with Crippen LogP contribution in [0.5, 0.6) is 0 Å². The minimum Gasteiger partial charge on any atom is -0.384 e. The molecule has 1 fully saturated rings. The Morgan fingerprint density at radius 3 is 3.26 bits per heavy atom. The lowest BCUT2D eigenvalue weighted by molar-refractivity contribution is -0.132. The second-order valence-electron chi connectivity index (χ2n) is 4.54. The van der Waals surface area contributed by atoms with Crippen LogP contribution in [0.15, 0.2) is 18.3 Å². The number of amides is 1. The van der Waals surface area contributed by atoms with E-state index < -0.39 is 0 Å². The van der Waals surface area contributed by atoms with Crippen LogP contribution < -0.4 is 11.1 Å². The molecule has 1 aromatic heterocycles. The van der Waals surface area contributed by atoms with Crippen molar-refractivity contribution in [3.8, 4) is 0 Å². The summed E-state index contributed by atoms with van der Waals surface area (Å²) in [5.41, 5.74) is 6.73. The first-order chi connectivity index (χ1) is 9.20. The number of nitrogens with zero attached hydrogens (tertiary/aromatic N) is 2. The Kier molecular flexibility index (Phi) is 4.70. The molecule has 1 amide bonds. The molecular formula is C13H20N4O2. The maximum Gasteiger partial charge on any atom is 0.239 e. The zero-order valence-electron chi connectivity index (χ0n) is 11.1. The first kappa shape index (κ1) is 13.8. The van der Waals surface area contributed by atoms with Crippen LogP contribution in [0.2, 0.25) is 0 Å². The molecule has 1 saturated heterocycles. The third-order valence-corrected chi connectivity index (χ3v) is 3.12. The van der Waals surface area contributed by atoms with E-state index in [1.165, 1.54) is 0 Å². The van der Waals surface area contributed by atoms with Crippen molar-refractivity contribution in [1.82, 2.24) is 15.2 Å². The normalized spacial score (nSPS) is 20.2. The predicted octanol–water partition coefficient (Wildman–Crippen LogP) is 0.000700. The van der Waals surface area contributed by atoms with Gasteiger partial charge in [0.1, 0.15) is 11.9 Å². The highest BCUT2D eigenvalue weighted by Gasteiger charge is 2.28. The Morgan fingerprint density at radius 2 is 2.53 bits per heavy atom. The number of hydrogen-bond acceptors (Lipinski definition) is 5. The fourth-order valence-electron chi connectivity index (χ4n) is 2.19. The molecule has 1 aliphatic rings. The number of anilines is 1. The molecule has 2 heterocycles. The van der Waals surface area contributed by atoms with Gasteiger partial charge in [-0.25, -0.2) is 4.98 Å². The number of pyridine rings is 1. The van der Waals surface area contributed by atoms with Crippen LogP contribution in [0.1, 0.15) is 12.5 Å². The molecule has 0 bridgehead atoms. The van der Waals surface area contributed by atoms with Crippen molar-refractivity contribution in [1.29, 1.82) is 0 Å². The molecule has 19 heavy (non-hydrogen) atoms. The lowest BCUT2D eigenvalue weighted by Crippen LogP contribution is -2.53. The molecule has 104 valence electrons. The number of nitrogens with two attached hydrogens (primary N) is 1. The van der Waals surface area contributed by atoms with E-state index in [0.29, 0.717) is 32.1 Å². The van der Waals surface area contributed by atoms with Crippen LogP contribution in [0.4, 0.5) is 5.82 Å². The van der Waals surface area contributed by atoms with Crippen molar-refractivity contribution >= 4 is 11.7 Å². The number of carbonyl (C=O) groups is 1. The fourth-order valence-corrected chi connectivity index (χ4v) is 2.19. The van der Waals surface area contributed by atoms with Crippen molar-refractivity contribution in [2.75, 3.05) is 32.0 Å². The number of morpholine rings is 1. The monoisotopic (exact) mass is 264 g/mol. The Bertz CT molecular complexity index is 438. The van der Waals surface area contributed by atoms with Crippen LogP contribution in [-0.2, 0) is 16.1 Å². The van der Waals surface area contributed by atoms with Gasteiger partial charge in [-0.15, -0.1) is 0 Å². The number of likely N-dealkylation sites (N-methyl/N-ethyl adjacent to an activating group) is 1. The minimum absolute atomic E-state index is 0.0178. The van der Waals surface area contributed by atoms with Gasteiger partial charge in [0.2, 0.25) is 5.91 Å². The van der Waals surface area contributed by atoms with E-state index in [1.54, 1.807) is 6.20 Å². The molecule has 1 unspecified atom stereocenters. The summed E-state index contributed by atoms with van der Waals surface area (Å²) in [5.74, 6) is 0.518. The predicted molar refractivity (Wildman–Crippen MR) is 72.4 cm³/mol. The molecular weight excluding hydrogens is 244 g/mol. The maximum absolute atomic E-state index is 12.0. The van der Waals surface area contributed by atoms with E-state index in [2.05, 4.69) is 15.2 Å². The maximum atomic E-state index is 12.0. The molecule has 0 aromatic carbocycles. The quantitative estimate of drug-likeness (QED) is 0.800. The molecule has 1 aromatic rings. The summed E-state index contributed by atoms with van der Waals surface area (Å²) in [4.78, 5) is 18.1. The summed E-state index contributed by atoms with van der Waals surface area (Å²) in [6.45, 7) is 5.05. The van der Waals surface area contributed by atoms with E-state index >= 15 is 0 Å². The Hall–Kier alpha value is -1.66. The lowest BCUT2D eigenvalue weighted by Gasteiger charge is -2.34. The molecule has 0 radical (unpaired) electrons. The molecule has 0 saturated carbocycles. The van der Waals surface area contributed by atoms with Gasteiger partial charge in [-0.1, -0.05) is 0 Å². The number of nitrogens with one attached hydrogen (secondary N) is 1. The molecule has 0 aliphatic carbocycles. The summed E-state index contributed by atoms with van der Waals surface area (Å²) in [6, 6.07) is 3.52. The number of hydrogen-bond donors (Lipinski definition) is 2. The third-order valence-electron chi connectivity index (χ3n) is 3.12. The summed E-state index contributed by atoms with van der Waals surface area (Å²) >= 11 is 0. The van der Waals surface area contributed by atoms with Gasteiger partial charge >= 0.3 is 0 Å². The van der Waals surface area contributed by atoms with Gasteiger partial charge in [-0.3, -0.25) is 9.69 Å². The average molecular weight is 264 g/mol. The van der Waals surface area contributed by atoms with Gasteiger partial charge in [0.25, 0.3) is 0 Å². The number of rotatable bonds is 4. The molecule has 2 rings (SSSR count). The lowest BCUT2D eigenvalue weighted by atomic mass is 10.1. The van der Waals surface area contributed by atoms with Crippen LogP contribution in [-0.4, -0.2) is 48.1 Å². The Morgan fingerprint density at radius 1 is 1.68 bits per heavy atom. The highest BCUT2D eigenvalue weighted by molar-refractivity contribution is 5.81. The highest BCUT2D eigenvalue weighted by atomic mass is 16.5. The average Bonchev–Trinajstić information content (AvgIpc) is 2.39. The minimum atomic E-state index is -0.233. The molecule has 6 nitrogen and oxygen atoms in total. The van der Waals surface area contributed by atoms with Gasteiger partial charge in [0.05, 0.1) is 13.2 Å². The Labute approximate surface area is 112 Å². The highest BCUT2D eigenvalue weighted by Crippen LogP contribution is 2.13. The van der Waals surface area contributed by atoms with E-state index in [9.17, 15) is 4.79 Å². The van der Waals surface area contributed by atoms with Gasteiger partial charge in [-0.05, 0) is 24.6 Å². The van der Waals surface area contributed by atoms with Crippen molar-refractivity contribution < 1.29 is 9.53 Å². The van der Waals surface area contributed by atoms with Crippen molar-refractivity contribution in [2.45, 2.75) is 19.5 Å². The molecule has 1 atom stereocenters. The summed E-state index contributed by atoms with van der Waals surface area (Å²) in [6.07, 6.45) is 1.69. The smallest absolute Gasteiger partial charge is 0.239 e. The SMILES string of the molecule is CCNC(=O)C1COCCN1Cc1ccnc(N)c1. The van der Waals surface area contributed by atoms with E-state index in [-0.39, 0.29) is 11.9 Å². The van der Waals surface area contributed by atoms with Gasteiger partial charge < -0.3 is 15.8 Å². The van der Waals surface area contributed by atoms with Gasteiger partial charge in [-0.2, -0.15) is 0 Å². The van der Waals surface area contributed by atoms with Gasteiger partial charge in [0.15, 0.2) is 0 Å². The van der Waals surface area contributed by atoms with Crippen molar-refractivity contribution in [3.63, 3.8) is 0 Å². The van der Waals surface area contributed by atoms with Crippen molar-refractivity contribution in [3.05, 3.63) is 23.9 Å². The topological polar surface area (TPSA) is 80.5 Å². The number of aromatic nitrogens is 1. The zero-order chi connectivity index (χ0) is 13.7. The van der Waals surface area contributed by atoms with Crippen LogP contribution in [0, 0.1) is 0 Å². The third kappa shape index (κ3) is 3.65. The summed E-state index contributed by atoms with van der Waals surface area (Å²) in [7, 11) is 0. The van der Waals surface area contributed by atoms with E-state index in [0.717, 1.165) is 12.1 Å². The van der Waals surface area contributed by atoms with Gasteiger partial charge in [0, 0.05) is 25.8 Å². The van der Waals surface area contributed by atoms with E-state index in [1.807, 2.05) is 19.1 Å². The number of nitrogen functional groups attached to an aromatic ring is 1. The van der Waals surface area contributed by atoms with E-state index in [4.69, 9.17) is 10.5 Å². The summed E-state index contributed by atoms with van der Waals surface area (Å²) in [5, 5.41) is 2.84. The van der Waals surface area contributed by atoms with Crippen molar-refractivity contribution in [2.24, 2.45) is 0 Å². The molecule has 0 spiro atoms. The van der Waals surface area contributed by atoms with Crippen LogP contribution in [0.25, 0.3) is 0 Å². The second kappa shape index (κ2) is 6.49.